The van der Waals surface area contributed by atoms with Crippen LogP contribution in [-0.2, 0) is 0 Å². The molecule has 142 valence electrons. The minimum Gasteiger partial charge on any atom is -0.365 e. The molecule has 2 aromatic heterocycles. The first kappa shape index (κ1) is 17.9. The Labute approximate surface area is 157 Å². The number of nitrogens with zero attached hydrogens (tertiary/aromatic N) is 4. The van der Waals surface area contributed by atoms with Crippen molar-refractivity contribution >= 4 is 17.1 Å². The van der Waals surface area contributed by atoms with Crippen LogP contribution in [-0.4, -0.2) is 28.0 Å². The highest BCUT2D eigenvalue weighted by Crippen LogP contribution is 2.44. The first-order valence-electron chi connectivity index (χ1n) is 8.40. The molecule has 1 aliphatic heterocycles. The molecule has 1 amide bonds. The summed E-state index contributed by atoms with van der Waals surface area (Å²) in [6.45, 7) is -0.577. The van der Waals surface area contributed by atoms with Crippen molar-refractivity contribution in [3.05, 3.63) is 65.2 Å². The topological polar surface area (TPSA) is 87.4 Å². The number of amides is 1. The van der Waals surface area contributed by atoms with Crippen LogP contribution in [0.25, 0.3) is 5.52 Å². The molecule has 28 heavy (non-hydrogen) atoms. The molecule has 2 N–H and O–H groups in total. The number of primary amides is 1. The van der Waals surface area contributed by atoms with E-state index in [2.05, 4.69) is 5.10 Å². The Kier molecular flexibility index (Phi) is 4.00. The van der Waals surface area contributed by atoms with Crippen LogP contribution in [0.2, 0.25) is 0 Å². The van der Waals surface area contributed by atoms with Gasteiger partial charge in [-0.2, -0.15) is 10.4 Å². The van der Waals surface area contributed by atoms with Gasteiger partial charge in [0.2, 0.25) is 0 Å². The normalized spacial score (nSPS) is 18.4. The van der Waals surface area contributed by atoms with Crippen LogP contribution in [0.5, 0.6) is 0 Å². The lowest BCUT2D eigenvalue weighted by atomic mass is 10.0. The lowest BCUT2D eigenvalue weighted by Crippen LogP contribution is -2.26. The van der Waals surface area contributed by atoms with Crippen LogP contribution < -0.4 is 10.6 Å². The van der Waals surface area contributed by atoms with Crippen molar-refractivity contribution in [2.45, 2.75) is 18.4 Å². The van der Waals surface area contributed by atoms with E-state index >= 15 is 0 Å². The van der Waals surface area contributed by atoms with Crippen molar-refractivity contribution in [3.8, 4) is 6.07 Å². The molecule has 1 fully saturated rings. The number of carbonyl (C=O) groups is 1. The summed E-state index contributed by atoms with van der Waals surface area (Å²) in [5.41, 5.74) is 6.66. The number of halogens is 3. The second-order valence-electron chi connectivity index (χ2n) is 6.73. The van der Waals surface area contributed by atoms with Gasteiger partial charge in [-0.15, -0.1) is 0 Å². The molecule has 6 nitrogen and oxygen atoms in total. The largest absolute Gasteiger partial charge is 0.365 e. The van der Waals surface area contributed by atoms with Crippen LogP contribution in [0.15, 0.2) is 42.7 Å². The number of aromatic nitrogens is 2. The van der Waals surface area contributed by atoms with Gasteiger partial charge in [0.15, 0.2) is 0 Å². The summed E-state index contributed by atoms with van der Waals surface area (Å²) in [4.78, 5) is 13.0. The number of nitriles is 1. The van der Waals surface area contributed by atoms with E-state index in [1.54, 1.807) is 12.1 Å². The number of alkyl halides is 2. The maximum atomic E-state index is 14.3. The van der Waals surface area contributed by atoms with E-state index in [0.29, 0.717) is 11.2 Å². The minimum absolute atomic E-state index is 0.0624. The van der Waals surface area contributed by atoms with Crippen molar-refractivity contribution in [3.63, 3.8) is 0 Å². The summed E-state index contributed by atoms with van der Waals surface area (Å²) < 4.78 is 43.8. The molecule has 1 aliphatic rings. The summed E-state index contributed by atoms with van der Waals surface area (Å²) in [5.74, 6) is -4.34. The summed E-state index contributed by atoms with van der Waals surface area (Å²) in [6.07, 6.45) is 2.33. The average Bonchev–Trinajstić information content (AvgIpc) is 3.21. The number of anilines is 1. The highest BCUT2D eigenvalue weighted by atomic mass is 19.3. The molecular weight excluding hydrogens is 371 g/mol. The number of hydrogen-bond acceptors (Lipinski definition) is 4. The predicted octanol–water partition coefficient (Wildman–Crippen LogP) is 3.03. The quantitative estimate of drug-likeness (QED) is 0.751. The Bertz CT molecular complexity index is 1130. The molecule has 0 spiro atoms. The maximum absolute atomic E-state index is 14.3. The van der Waals surface area contributed by atoms with E-state index in [9.17, 15) is 18.0 Å². The third-order valence-corrected chi connectivity index (χ3v) is 4.81. The SMILES string of the molecule is N#Cc1cc(F)cc([C@H]2CC(F)(F)CN2c2ccn3ncc(C(N)=O)c3c2)c1. The number of carbonyl (C=O) groups excluding carboxylic acids is 1. The fraction of sp³-hybridized carbons (Fsp3) is 0.211. The average molecular weight is 385 g/mol. The van der Waals surface area contributed by atoms with Crippen molar-refractivity contribution in [1.29, 1.82) is 5.26 Å². The fourth-order valence-electron chi connectivity index (χ4n) is 3.59. The standard InChI is InChI=1S/C19H14F3N5O/c20-13-4-11(8-23)3-12(5-13)17-7-19(21,22)10-26(17)14-1-2-27-16(6-14)15(9-25-27)18(24)28/h1-6,9,17H,7,10H2,(H2,24,28)/t17-/m1/s1. The van der Waals surface area contributed by atoms with Crippen LogP contribution in [0.4, 0.5) is 18.9 Å². The van der Waals surface area contributed by atoms with Gasteiger partial charge in [-0.3, -0.25) is 4.79 Å². The molecule has 1 saturated heterocycles. The molecule has 0 saturated carbocycles. The molecule has 0 aliphatic carbocycles. The third-order valence-electron chi connectivity index (χ3n) is 4.81. The smallest absolute Gasteiger partial charge is 0.267 e. The minimum atomic E-state index is -3.00. The number of hydrogen-bond donors (Lipinski definition) is 1. The first-order chi connectivity index (χ1) is 13.3. The lowest BCUT2D eigenvalue weighted by molar-refractivity contribution is 0.0223. The molecule has 3 aromatic rings. The van der Waals surface area contributed by atoms with Gasteiger partial charge in [-0.1, -0.05) is 0 Å². The summed E-state index contributed by atoms with van der Waals surface area (Å²) in [6, 6.07) is 7.76. The highest BCUT2D eigenvalue weighted by molar-refractivity contribution is 5.99. The van der Waals surface area contributed by atoms with Gasteiger partial charge in [-0.05, 0) is 35.9 Å². The first-order valence-corrected chi connectivity index (χ1v) is 8.40. The van der Waals surface area contributed by atoms with Gasteiger partial charge in [-0.25, -0.2) is 17.7 Å². The predicted molar refractivity (Wildman–Crippen MR) is 94.5 cm³/mol. The second-order valence-corrected chi connectivity index (χ2v) is 6.73. The van der Waals surface area contributed by atoms with E-state index < -0.39 is 36.7 Å². The zero-order chi connectivity index (χ0) is 20.1. The highest BCUT2D eigenvalue weighted by Gasteiger charge is 2.46. The van der Waals surface area contributed by atoms with Crippen molar-refractivity contribution in [2.24, 2.45) is 5.73 Å². The molecular formula is C19H14F3N5O. The fourth-order valence-corrected chi connectivity index (χ4v) is 3.59. The molecule has 4 rings (SSSR count). The van der Waals surface area contributed by atoms with Crippen LogP contribution >= 0.6 is 0 Å². The van der Waals surface area contributed by atoms with E-state index in [-0.39, 0.29) is 16.7 Å². The summed E-state index contributed by atoms with van der Waals surface area (Å²) in [7, 11) is 0. The van der Waals surface area contributed by atoms with E-state index in [1.807, 2.05) is 6.07 Å². The van der Waals surface area contributed by atoms with Crippen molar-refractivity contribution in [2.75, 3.05) is 11.4 Å². The Hall–Kier alpha value is -3.54. The summed E-state index contributed by atoms with van der Waals surface area (Å²) >= 11 is 0. The monoisotopic (exact) mass is 385 g/mol. The van der Waals surface area contributed by atoms with Gasteiger partial charge >= 0.3 is 0 Å². The Morgan fingerprint density at radius 3 is 2.82 bits per heavy atom. The van der Waals surface area contributed by atoms with Gasteiger partial charge in [0.25, 0.3) is 11.8 Å². The third kappa shape index (κ3) is 3.03. The lowest BCUT2D eigenvalue weighted by Gasteiger charge is -2.26. The number of fused-ring (bicyclic) bond motifs is 1. The number of pyridine rings is 1. The Morgan fingerprint density at radius 1 is 1.32 bits per heavy atom. The molecule has 0 radical (unpaired) electrons. The van der Waals surface area contributed by atoms with Gasteiger partial charge in [0.05, 0.1) is 41.5 Å². The number of benzene rings is 1. The zero-order valence-electron chi connectivity index (χ0n) is 14.4. The molecule has 1 atom stereocenters. The van der Waals surface area contributed by atoms with E-state index in [4.69, 9.17) is 11.0 Å². The van der Waals surface area contributed by atoms with Crippen molar-refractivity contribution < 1.29 is 18.0 Å². The number of nitrogens with two attached hydrogens (primary N) is 1. The van der Waals surface area contributed by atoms with Gasteiger partial charge in [0, 0.05) is 18.3 Å². The molecule has 3 heterocycles. The van der Waals surface area contributed by atoms with Gasteiger partial charge < -0.3 is 10.6 Å². The van der Waals surface area contributed by atoms with E-state index in [1.165, 1.54) is 27.9 Å². The Balaban J connectivity index is 1.82. The molecule has 9 heteroatoms. The maximum Gasteiger partial charge on any atom is 0.267 e. The van der Waals surface area contributed by atoms with Crippen LogP contribution in [0, 0.1) is 17.1 Å². The van der Waals surface area contributed by atoms with Gasteiger partial charge in [0.1, 0.15) is 5.82 Å². The molecule has 0 bridgehead atoms. The second kappa shape index (κ2) is 6.27. The van der Waals surface area contributed by atoms with E-state index in [0.717, 1.165) is 12.1 Å². The summed E-state index contributed by atoms with van der Waals surface area (Å²) in [5, 5.41) is 13.1. The molecule has 1 aromatic carbocycles. The van der Waals surface area contributed by atoms with Crippen molar-refractivity contribution in [1.82, 2.24) is 9.61 Å². The zero-order valence-corrected chi connectivity index (χ0v) is 14.4. The van der Waals surface area contributed by atoms with Crippen LogP contribution in [0.1, 0.15) is 33.9 Å². The number of rotatable bonds is 3. The Morgan fingerprint density at radius 2 is 2.11 bits per heavy atom. The van der Waals surface area contributed by atoms with Crippen LogP contribution in [0.3, 0.4) is 0 Å². The molecule has 0 unspecified atom stereocenters.